The van der Waals surface area contributed by atoms with Crippen LogP contribution in [0.2, 0.25) is 0 Å². The zero-order chi connectivity index (χ0) is 22.1. The minimum atomic E-state index is -4.38. The molecule has 0 spiro atoms. The maximum Gasteiger partial charge on any atom is 0.335 e. The molecule has 0 saturated heterocycles. The second-order valence-electron chi connectivity index (χ2n) is 6.20. The lowest BCUT2D eigenvalue weighted by atomic mass is 10.1. The first-order chi connectivity index (χ1) is 14.1. The van der Waals surface area contributed by atoms with E-state index in [1.54, 1.807) is 19.9 Å². The van der Waals surface area contributed by atoms with E-state index < -0.39 is 22.0 Å². The average Bonchev–Trinajstić information content (AvgIpc) is 2.67. The first-order valence-corrected chi connectivity index (χ1v) is 10.0. The van der Waals surface area contributed by atoms with Gasteiger partial charge in [0.25, 0.3) is 15.9 Å². The average molecular weight is 437 g/mol. The predicted octanol–water partition coefficient (Wildman–Crippen LogP) is 0.952. The molecule has 160 valence electrons. The molecular formula is C17H19N5O7S. The van der Waals surface area contributed by atoms with Crippen LogP contribution in [0.5, 0.6) is 17.5 Å². The summed E-state index contributed by atoms with van der Waals surface area (Å²) in [5.74, 6) is -0.480. The zero-order valence-electron chi connectivity index (χ0n) is 16.5. The van der Waals surface area contributed by atoms with Gasteiger partial charge in [-0.3, -0.25) is 10.1 Å². The third-order valence-electron chi connectivity index (χ3n) is 4.18. The van der Waals surface area contributed by atoms with Gasteiger partial charge in [-0.1, -0.05) is 0 Å². The Hall–Kier alpha value is -3.61. The smallest absolute Gasteiger partial charge is 0.335 e. The number of methoxy groups -OCH3 is 2. The minimum Gasteiger partial charge on any atom is -0.481 e. The van der Waals surface area contributed by atoms with Crippen molar-refractivity contribution in [1.82, 2.24) is 14.7 Å². The Morgan fingerprint density at radius 3 is 2.40 bits per heavy atom. The number of ether oxygens (including phenoxy) is 3. The van der Waals surface area contributed by atoms with E-state index in [0.29, 0.717) is 11.1 Å². The third kappa shape index (κ3) is 4.20. The van der Waals surface area contributed by atoms with Gasteiger partial charge in [-0.25, -0.2) is 17.9 Å². The highest BCUT2D eigenvalue weighted by molar-refractivity contribution is 7.90. The molecule has 0 radical (unpaired) electrons. The molecule has 0 unspecified atom stereocenters. The Kier molecular flexibility index (Phi) is 5.64. The summed E-state index contributed by atoms with van der Waals surface area (Å²) in [4.78, 5) is 31.5. The molecule has 0 saturated carbocycles. The zero-order valence-corrected chi connectivity index (χ0v) is 17.3. The van der Waals surface area contributed by atoms with E-state index in [2.05, 4.69) is 20.6 Å². The summed E-state index contributed by atoms with van der Waals surface area (Å²) in [5.41, 5.74) is 1.15. The van der Waals surface area contributed by atoms with Crippen LogP contribution in [-0.2, 0) is 14.8 Å². The summed E-state index contributed by atoms with van der Waals surface area (Å²) in [7, 11) is -1.66. The van der Waals surface area contributed by atoms with Gasteiger partial charge >= 0.3 is 6.03 Å². The molecule has 2 aromatic rings. The number of hydrogen-bond donors (Lipinski definition) is 3. The van der Waals surface area contributed by atoms with Gasteiger partial charge in [0.1, 0.15) is 4.90 Å². The summed E-state index contributed by atoms with van der Waals surface area (Å²) >= 11 is 0. The van der Waals surface area contributed by atoms with Crippen LogP contribution in [0.3, 0.4) is 0 Å². The van der Waals surface area contributed by atoms with Gasteiger partial charge in [0, 0.05) is 0 Å². The Morgan fingerprint density at radius 2 is 1.80 bits per heavy atom. The molecule has 1 aromatic carbocycles. The Labute approximate surface area is 172 Å². The maximum absolute atomic E-state index is 13.0. The normalized spacial score (nSPS) is 12.9. The van der Waals surface area contributed by atoms with Crippen molar-refractivity contribution >= 4 is 33.6 Å². The number of nitrogens with one attached hydrogen (secondary N) is 3. The molecule has 3 N–H and O–H groups in total. The molecule has 2 heterocycles. The van der Waals surface area contributed by atoms with Crippen LogP contribution < -0.4 is 29.6 Å². The van der Waals surface area contributed by atoms with E-state index in [1.165, 1.54) is 20.3 Å². The van der Waals surface area contributed by atoms with Crippen molar-refractivity contribution in [1.29, 1.82) is 0 Å². The fourth-order valence-electron chi connectivity index (χ4n) is 2.71. The lowest BCUT2D eigenvalue weighted by Gasteiger charge is -2.23. The maximum atomic E-state index is 13.0. The van der Waals surface area contributed by atoms with E-state index in [1.807, 2.05) is 4.72 Å². The molecule has 0 bridgehead atoms. The molecular weight excluding hydrogens is 418 g/mol. The first kappa shape index (κ1) is 21.1. The Bertz CT molecular complexity index is 1110. The number of nitrogens with zero attached hydrogens (tertiary/aromatic N) is 2. The Balaban J connectivity index is 1.91. The second kappa shape index (κ2) is 8.02. The summed E-state index contributed by atoms with van der Waals surface area (Å²) in [6, 6.07) is 1.87. The van der Waals surface area contributed by atoms with E-state index in [9.17, 15) is 18.0 Å². The lowest BCUT2D eigenvalue weighted by Crippen LogP contribution is -2.36. The van der Waals surface area contributed by atoms with Crippen molar-refractivity contribution in [2.24, 2.45) is 0 Å². The standard InChI is InChI=1S/C17H19N5O7S/c1-8-5-10-14(29-7-11(23)18-10)15(9(8)2)30(25,26)22-17(24)21-16-19-12(27-3)6-13(20-16)28-4/h5-6H,7H2,1-4H3,(H,18,23)(H2,19,20,21,22,24). The third-order valence-corrected chi connectivity index (χ3v) is 5.67. The number of aromatic nitrogens is 2. The van der Waals surface area contributed by atoms with Crippen molar-refractivity contribution in [3.8, 4) is 17.5 Å². The van der Waals surface area contributed by atoms with Gasteiger partial charge in [0.15, 0.2) is 12.4 Å². The monoisotopic (exact) mass is 437 g/mol. The summed E-state index contributed by atoms with van der Waals surface area (Å²) < 4.78 is 43.1. The van der Waals surface area contributed by atoms with Gasteiger partial charge in [0.2, 0.25) is 17.7 Å². The number of benzene rings is 1. The number of aryl methyl sites for hydroxylation is 1. The fraction of sp³-hybridized carbons (Fsp3) is 0.294. The number of anilines is 2. The fourth-order valence-corrected chi connectivity index (χ4v) is 4.09. The van der Waals surface area contributed by atoms with Crippen LogP contribution in [0.4, 0.5) is 16.4 Å². The quantitative estimate of drug-likeness (QED) is 0.619. The molecule has 0 fully saturated rings. The van der Waals surface area contributed by atoms with Gasteiger partial charge in [-0.2, -0.15) is 9.97 Å². The van der Waals surface area contributed by atoms with Crippen molar-refractivity contribution in [2.75, 3.05) is 31.5 Å². The number of carbonyl (C=O) groups is 2. The number of amides is 3. The molecule has 3 amide bonds. The molecule has 0 aliphatic carbocycles. The Morgan fingerprint density at radius 1 is 1.17 bits per heavy atom. The highest BCUT2D eigenvalue weighted by Crippen LogP contribution is 2.38. The molecule has 1 aliphatic heterocycles. The largest absolute Gasteiger partial charge is 0.481 e. The van der Waals surface area contributed by atoms with E-state index in [4.69, 9.17) is 14.2 Å². The van der Waals surface area contributed by atoms with Gasteiger partial charge in [-0.05, 0) is 31.0 Å². The summed E-state index contributed by atoms with van der Waals surface area (Å²) in [6.07, 6.45) is 0. The number of hydrogen-bond acceptors (Lipinski definition) is 9. The minimum absolute atomic E-state index is 0.0442. The molecule has 30 heavy (non-hydrogen) atoms. The highest BCUT2D eigenvalue weighted by Gasteiger charge is 2.31. The van der Waals surface area contributed by atoms with Crippen LogP contribution in [0, 0.1) is 13.8 Å². The number of rotatable bonds is 5. The molecule has 13 heteroatoms. The molecule has 1 aliphatic rings. The lowest BCUT2D eigenvalue weighted by molar-refractivity contribution is -0.118. The number of fused-ring (bicyclic) bond motifs is 1. The second-order valence-corrected chi connectivity index (χ2v) is 7.82. The van der Waals surface area contributed by atoms with Crippen LogP contribution in [0.15, 0.2) is 17.0 Å². The number of sulfonamides is 1. The number of carbonyl (C=O) groups excluding carboxylic acids is 2. The van der Waals surface area contributed by atoms with Crippen LogP contribution >= 0.6 is 0 Å². The summed E-state index contributed by atoms with van der Waals surface area (Å²) in [5, 5.41) is 4.77. The topological polar surface area (TPSA) is 158 Å². The number of urea groups is 1. The van der Waals surface area contributed by atoms with Gasteiger partial charge < -0.3 is 19.5 Å². The predicted molar refractivity (Wildman–Crippen MR) is 105 cm³/mol. The van der Waals surface area contributed by atoms with Crippen LogP contribution in [0.25, 0.3) is 0 Å². The first-order valence-electron chi connectivity index (χ1n) is 8.52. The van der Waals surface area contributed by atoms with Crippen molar-refractivity contribution < 1.29 is 32.2 Å². The molecule has 3 rings (SSSR count). The van der Waals surface area contributed by atoms with E-state index >= 15 is 0 Å². The molecule has 1 aromatic heterocycles. The van der Waals surface area contributed by atoms with Crippen molar-refractivity contribution in [2.45, 2.75) is 18.7 Å². The highest BCUT2D eigenvalue weighted by atomic mass is 32.2. The van der Waals surface area contributed by atoms with Gasteiger partial charge in [-0.15, -0.1) is 0 Å². The van der Waals surface area contributed by atoms with Crippen molar-refractivity contribution in [3.63, 3.8) is 0 Å². The molecule has 0 atom stereocenters. The molecule has 12 nitrogen and oxygen atoms in total. The van der Waals surface area contributed by atoms with Crippen LogP contribution in [-0.4, -0.2) is 51.2 Å². The van der Waals surface area contributed by atoms with E-state index in [-0.39, 0.29) is 40.6 Å². The van der Waals surface area contributed by atoms with E-state index in [0.717, 1.165) is 0 Å². The van der Waals surface area contributed by atoms with Gasteiger partial charge in [0.05, 0.1) is 26.0 Å². The SMILES string of the molecule is COc1cc(OC)nc(NC(=O)NS(=O)(=O)c2c(C)c(C)cc3c2OCC(=O)N3)n1. The summed E-state index contributed by atoms with van der Waals surface area (Å²) in [6.45, 7) is 2.89. The van der Waals surface area contributed by atoms with Crippen LogP contribution in [0.1, 0.15) is 11.1 Å². The van der Waals surface area contributed by atoms with Crippen molar-refractivity contribution in [3.05, 3.63) is 23.3 Å².